The molecule has 0 saturated carbocycles. The van der Waals surface area contributed by atoms with Gasteiger partial charge in [0.2, 0.25) is 0 Å². The van der Waals surface area contributed by atoms with E-state index in [1.54, 1.807) is 17.7 Å². The summed E-state index contributed by atoms with van der Waals surface area (Å²) in [4.78, 5) is 1.18. The number of aromatic nitrogens is 3. The van der Waals surface area contributed by atoms with Crippen LogP contribution < -0.4 is 0 Å². The molecule has 0 aliphatic carbocycles. The number of benzene rings is 1. The molecular weight excluding hydrogens is 218 g/mol. The van der Waals surface area contributed by atoms with Crippen LogP contribution in [-0.2, 0) is 6.54 Å². The average molecular weight is 229 g/mol. The van der Waals surface area contributed by atoms with E-state index in [2.05, 4.69) is 52.0 Å². The van der Waals surface area contributed by atoms with Crippen LogP contribution in [0, 0.1) is 0 Å². The molecule has 0 bridgehead atoms. The highest BCUT2D eigenvalue weighted by molar-refractivity contribution is 7.22. The summed E-state index contributed by atoms with van der Waals surface area (Å²) < 4.78 is 3.35. The Balaban J connectivity index is 2.19. The fourth-order valence-corrected chi connectivity index (χ4v) is 2.83. The van der Waals surface area contributed by atoms with Crippen LogP contribution in [0.3, 0.4) is 0 Å². The van der Waals surface area contributed by atoms with Crippen molar-refractivity contribution in [2.45, 2.75) is 13.5 Å². The topological polar surface area (TPSA) is 30.7 Å². The lowest BCUT2D eigenvalue weighted by Crippen LogP contribution is -1.93. The maximum absolute atomic E-state index is 4.18. The predicted octanol–water partition coefficient (Wildman–Crippen LogP) is 3.18. The van der Waals surface area contributed by atoms with E-state index in [4.69, 9.17) is 0 Å². The number of nitrogens with zero attached hydrogens (tertiary/aromatic N) is 3. The van der Waals surface area contributed by atoms with E-state index in [1.165, 1.54) is 15.0 Å². The van der Waals surface area contributed by atoms with Crippen LogP contribution in [-0.4, -0.2) is 14.8 Å². The number of hydrogen-bond donors (Lipinski definition) is 0. The highest BCUT2D eigenvalue weighted by Crippen LogP contribution is 2.31. The van der Waals surface area contributed by atoms with Crippen LogP contribution in [0.4, 0.5) is 0 Å². The molecule has 0 aliphatic heterocycles. The second-order valence-corrected chi connectivity index (χ2v) is 4.67. The largest absolute Gasteiger partial charge is 0.313 e. The number of rotatable bonds is 2. The highest BCUT2D eigenvalue weighted by atomic mass is 32.1. The van der Waals surface area contributed by atoms with Crippen molar-refractivity contribution in [3.05, 3.63) is 36.7 Å². The Morgan fingerprint density at radius 3 is 3.00 bits per heavy atom. The van der Waals surface area contributed by atoms with E-state index in [0.717, 1.165) is 12.4 Å². The standard InChI is InChI=1S/C12H11N3S/c1-2-15-8-13-14-12(15)11-7-9-5-3-4-6-10(9)16-11/h3-8H,2H2,1H3. The van der Waals surface area contributed by atoms with E-state index < -0.39 is 0 Å². The Hall–Kier alpha value is -1.68. The molecule has 0 atom stereocenters. The molecule has 2 heterocycles. The quantitative estimate of drug-likeness (QED) is 0.675. The van der Waals surface area contributed by atoms with Crippen molar-refractivity contribution in [3.8, 4) is 10.7 Å². The third kappa shape index (κ3) is 1.42. The number of aryl methyl sites for hydroxylation is 1. The van der Waals surface area contributed by atoms with Crippen molar-refractivity contribution in [2.75, 3.05) is 0 Å². The van der Waals surface area contributed by atoms with Crippen LogP contribution >= 0.6 is 11.3 Å². The molecule has 1 aromatic carbocycles. The van der Waals surface area contributed by atoms with Crippen LogP contribution in [0.1, 0.15) is 6.92 Å². The SMILES string of the molecule is CCn1cnnc1-c1cc2ccccc2s1. The van der Waals surface area contributed by atoms with Gasteiger partial charge in [-0.3, -0.25) is 0 Å². The average Bonchev–Trinajstić information content (AvgIpc) is 2.94. The minimum absolute atomic E-state index is 0.899. The lowest BCUT2D eigenvalue weighted by molar-refractivity contribution is 0.768. The Labute approximate surface area is 97.4 Å². The summed E-state index contributed by atoms with van der Waals surface area (Å²) in [6.45, 7) is 3.00. The zero-order chi connectivity index (χ0) is 11.0. The molecule has 16 heavy (non-hydrogen) atoms. The molecule has 0 spiro atoms. The van der Waals surface area contributed by atoms with E-state index in [9.17, 15) is 0 Å². The van der Waals surface area contributed by atoms with Gasteiger partial charge in [0, 0.05) is 11.2 Å². The van der Waals surface area contributed by atoms with E-state index >= 15 is 0 Å². The second kappa shape index (κ2) is 3.72. The summed E-state index contributed by atoms with van der Waals surface area (Å²) in [5, 5.41) is 9.41. The van der Waals surface area contributed by atoms with Crippen LogP contribution in [0.25, 0.3) is 20.8 Å². The van der Waals surface area contributed by atoms with Gasteiger partial charge in [-0.1, -0.05) is 18.2 Å². The van der Waals surface area contributed by atoms with Gasteiger partial charge in [0.1, 0.15) is 6.33 Å². The highest BCUT2D eigenvalue weighted by Gasteiger charge is 2.09. The first-order valence-electron chi connectivity index (χ1n) is 5.25. The van der Waals surface area contributed by atoms with Gasteiger partial charge in [-0.15, -0.1) is 21.5 Å². The zero-order valence-corrected chi connectivity index (χ0v) is 9.74. The molecule has 0 N–H and O–H groups in total. The van der Waals surface area contributed by atoms with Crippen molar-refractivity contribution < 1.29 is 0 Å². The molecule has 3 rings (SSSR count). The van der Waals surface area contributed by atoms with E-state index in [0.29, 0.717) is 0 Å². The fourth-order valence-electron chi connectivity index (χ4n) is 1.77. The first-order chi connectivity index (χ1) is 7.88. The van der Waals surface area contributed by atoms with Gasteiger partial charge in [-0.05, 0) is 24.4 Å². The van der Waals surface area contributed by atoms with Gasteiger partial charge in [0.05, 0.1) is 4.88 Å². The molecule has 0 aliphatic rings. The molecular formula is C12H11N3S. The van der Waals surface area contributed by atoms with Gasteiger partial charge in [-0.2, -0.15) is 0 Å². The predicted molar refractivity (Wildman–Crippen MR) is 66.5 cm³/mol. The summed E-state index contributed by atoms with van der Waals surface area (Å²) in [5.74, 6) is 0.962. The van der Waals surface area contributed by atoms with Crippen LogP contribution in [0.2, 0.25) is 0 Å². The van der Waals surface area contributed by atoms with Crippen molar-refractivity contribution in [2.24, 2.45) is 0 Å². The van der Waals surface area contributed by atoms with Gasteiger partial charge in [0.15, 0.2) is 5.82 Å². The molecule has 4 heteroatoms. The second-order valence-electron chi connectivity index (χ2n) is 3.59. The van der Waals surface area contributed by atoms with Gasteiger partial charge < -0.3 is 4.57 Å². The molecule has 80 valence electrons. The van der Waals surface area contributed by atoms with Crippen molar-refractivity contribution >= 4 is 21.4 Å². The van der Waals surface area contributed by atoms with Crippen LogP contribution in [0.15, 0.2) is 36.7 Å². The molecule has 2 aromatic heterocycles. The summed E-state index contributed by atoms with van der Waals surface area (Å²) in [6.07, 6.45) is 1.78. The van der Waals surface area contributed by atoms with Gasteiger partial charge >= 0.3 is 0 Å². The van der Waals surface area contributed by atoms with E-state index in [1.807, 2.05) is 0 Å². The lowest BCUT2D eigenvalue weighted by atomic mass is 10.2. The Morgan fingerprint density at radius 1 is 1.31 bits per heavy atom. The Bertz CT molecular complexity index is 591. The normalized spacial score (nSPS) is 11.1. The van der Waals surface area contributed by atoms with Crippen molar-refractivity contribution in [3.63, 3.8) is 0 Å². The Morgan fingerprint density at radius 2 is 2.19 bits per heavy atom. The molecule has 0 amide bonds. The number of fused-ring (bicyclic) bond motifs is 1. The van der Waals surface area contributed by atoms with Crippen molar-refractivity contribution in [1.29, 1.82) is 0 Å². The summed E-state index contributed by atoms with van der Waals surface area (Å²) >= 11 is 1.76. The lowest BCUT2D eigenvalue weighted by Gasteiger charge is -1.98. The molecule has 0 radical (unpaired) electrons. The first kappa shape index (κ1) is 9.54. The molecule has 3 aromatic rings. The third-order valence-electron chi connectivity index (χ3n) is 2.60. The monoisotopic (exact) mass is 229 g/mol. The summed E-state index contributed by atoms with van der Waals surface area (Å²) in [7, 11) is 0. The first-order valence-corrected chi connectivity index (χ1v) is 6.07. The maximum Gasteiger partial charge on any atom is 0.173 e. The molecule has 0 saturated heterocycles. The molecule has 0 unspecified atom stereocenters. The number of hydrogen-bond acceptors (Lipinski definition) is 3. The third-order valence-corrected chi connectivity index (χ3v) is 3.71. The van der Waals surface area contributed by atoms with E-state index in [-0.39, 0.29) is 0 Å². The molecule has 0 fully saturated rings. The van der Waals surface area contributed by atoms with Crippen molar-refractivity contribution in [1.82, 2.24) is 14.8 Å². The zero-order valence-electron chi connectivity index (χ0n) is 8.92. The maximum atomic E-state index is 4.18. The number of thiophene rings is 1. The molecule has 3 nitrogen and oxygen atoms in total. The summed E-state index contributed by atoms with van der Waals surface area (Å²) in [6, 6.07) is 10.6. The Kier molecular flexibility index (Phi) is 2.22. The minimum atomic E-state index is 0.899. The van der Waals surface area contributed by atoms with Crippen LogP contribution in [0.5, 0.6) is 0 Å². The fraction of sp³-hybridized carbons (Fsp3) is 0.167. The smallest absolute Gasteiger partial charge is 0.173 e. The van der Waals surface area contributed by atoms with Gasteiger partial charge in [0.25, 0.3) is 0 Å². The van der Waals surface area contributed by atoms with Gasteiger partial charge in [-0.25, -0.2) is 0 Å². The summed E-state index contributed by atoms with van der Waals surface area (Å²) in [5.41, 5.74) is 0. The minimum Gasteiger partial charge on any atom is -0.313 e.